The first-order valence-electron chi connectivity index (χ1n) is 8.19. The number of hydroxylamine groups is 2. The van der Waals surface area contributed by atoms with Crippen molar-refractivity contribution in [2.75, 3.05) is 14.2 Å². The average molecular weight is 329 g/mol. The summed E-state index contributed by atoms with van der Waals surface area (Å²) in [5.74, 6) is 0.0807. The second-order valence-corrected chi connectivity index (χ2v) is 7.23. The molecule has 1 saturated carbocycles. The highest BCUT2D eigenvalue weighted by Gasteiger charge is 2.30. The second-order valence-electron chi connectivity index (χ2n) is 7.23. The van der Waals surface area contributed by atoms with Gasteiger partial charge in [0.15, 0.2) is 0 Å². The molecule has 7 heteroatoms. The number of carbonyl (C=O) groups excluding carboxylic acids is 2. The second kappa shape index (κ2) is 8.49. The van der Waals surface area contributed by atoms with Crippen molar-refractivity contribution in [2.45, 2.75) is 70.6 Å². The van der Waals surface area contributed by atoms with Crippen molar-refractivity contribution in [3.63, 3.8) is 0 Å². The Morgan fingerprint density at radius 3 is 2.30 bits per heavy atom. The number of rotatable bonds is 5. The van der Waals surface area contributed by atoms with Crippen molar-refractivity contribution in [1.29, 1.82) is 0 Å². The maximum absolute atomic E-state index is 12.4. The molecule has 0 heterocycles. The van der Waals surface area contributed by atoms with Crippen LogP contribution in [0.25, 0.3) is 0 Å². The van der Waals surface area contributed by atoms with Gasteiger partial charge in [0.1, 0.15) is 11.6 Å². The van der Waals surface area contributed by atoms with Gasteiger partial charge in [0.05, 0.1) is 7.11 Å². The molecule has 0 bridgehead atoms. The molecule has 0 radical (unpaired) electrons. The van der Waals surface area contributed by atoms with Crippen LogP contribution >= 0.6 is 0 Å². The highest BCUT2D eigenvalue weighted by Crippen LogP contribution is 2.27. The van der Waals surface area contributed by atoms with Crippen molar-refractivity contribution in [3.05, 3.63) is 0 Å². The lowest BCUT2D eigenvalue weighted by molar-refractivity contribution is -0.171. The standard InChI is InChI=1S/C16H31N3O4/c1-16(2,3)23-15(21)18-13(14(20)19(4)22-5)10-11-6-8-12(17)9-7-11/h11-13H,6-10,17H2,1-5H3,(H,18,21)/t11?,12?,13-/m1/s1. The third kappa shape index (κ3) is 7.18. The zero-order valence-electron chi connectivity index (χ0n) is 14.9. The number of hydrogen-bond acceptors (Lipinski definition) is 5. The number of nitrogens with one attached hydrogen (secondary N) is 1. The van der Waals surface area contributed by atoms with Crippen LogP contribution in [0, 0.1) is 5.92 Å². The van der Waals surface area contributed by atoms with Gasteiger partial charge in [-0.1, -0.05) is 0 Å². The van der Waals surface area contributed by atoms with Crippen LogP contribution in [0.3, 0.4) is 0 Å². The third-order valence-electron chi connectivity index (χ3n) is 4.03. The van der Waals surface area contributed by atoms with E-state index in [0.717, 1.165) is 30.7 Å². The summed E-state index contributed by atoms with van der Waals surface area (Å²) < 4.78 is 5.26. The summed E-state index contributed by atoms with van der Waals surface area (Å²) in [5, 5.41) is 3.82. The quantitative estimate of drug-likeness (QED) is 0.750. The predicted octanol–water partition coefficient (Wildman–Crippen LogP) is 1.81. The molecule has 0 unspecified atom stereocenters. The maximum Gasteiger partial charge on any atom is 0.408 e. The molecule has 1 atom stereocenters. The lowest BCUT2D eigenvalue weighted by Crippen LogP contribution is -2.49. The smallest absolute Gasteiger partial charge is 0.408 e. The first-order valence-corrected chi connectivity index (χ1v) is 8.19. The summed E-state index contributed by atoms with van der Waals surface area (Å²) >= 11 is 0. The lowest BCUT2D eigenvalue weighted by atomic mass is 9.82. The van der Waals surface area contributed by atoms with E-state index in [-0.39, 0.29) is 11.9 Å². The van der Waals surface area contributed by atoms with E-state index >= 15 is 0 Å². The van der Waals surface area contributed by atoms with Gasteiger partial charge in [-0.05, 0) is 58.8 Å². The van der Waals surface area contributed by atoms with E-state index in [1.165, 1.54) is 14.2 Å². The van der Waals surface area contributed by atoms with Gasteiger partial charge in [0.25, 0.3) is 5.91 Å². The maximum atomic E-state index is 12.4. The zero-order valence-corrected chi connectivity index (χ0v) is 14.9. The molecule has 2 amide bonds. The van der Waals surface area contributed by atoms with Crippen molar-refractivity contribution in [1.82, 2.24) is 10.4 Å². The molecule has 0 aromatic heterocycles. The van der Waals surface area contributed by atoms with E-state index in [9.17, 15) is 9.59 Å². The van der Waals surface area contributed by atoms with E-state index in [1.807, 2.05) is 0 Å². The van der Waals surface area contributed by atoms with Crippen molar-refractivity contribution in [2.24, 2.45) is 11.7 Å². The Hall–Kier alpha value is -1.34. The molecule has 3 N–H and O–H groups in total. The summed E-state index contributed by atoms with van der Waals surface area (Å²) in [4.78, 5) is 29.4. The normalized spacial score (nSPS) is 23.0. The highest BCUT2D eigenvalue weighted by atomic mass is 16.7. The number of likely N-dealkylation sites (N-methyl/N-ethyl adjacent to an activating group) is 1. The Labute approximate surface area is 138 Å². The van der Waals surface area contributed by atoms with E-state index in [1.54, 1.807) is 20.8 Å². The summed E-state index contributed by atoms with van der Waals surface area (Å²) in [6, 6.07) is -0.407. The SMILES string of the molecule is CON(C)C(=O)[C@@H](CC1CCC(N)CC1)NC(=O)OC(C)(C)C. The highest BCUT2D eigenvalue weighted by molar-refractivity contribution is 5.84. The van der Waals surface area contributed by atoms with E-state index in [0.29, 0.717) is 12.3 Å². The van der Waals surface area contributed by atoms with Crippen LogP contribution in [0.1, 0.15) is 52.9 Å². The Morgan fingerprint density at radius 1 is 1.26 bits per heavy atom. The molecule has 1 aliphatic rings. The van der Waals surface area contributed by atoms with Crippen LogP contribution in [0.15, 0.2) is 0 Å². The number of nitrogens with zero attached hydrogens (tertiary/aromatic N) is 1. The first kappa shape index (κ1) is 19.7. The Balaban J connectivity index is 2.69. The Morgan fingerprint density at radius 2 is 1.83 bits per heavy atom. The van der Waals surface area contributed by atoms with E-state index in [2.05, 4.69) is 5.32 Å². The summed E-state index contributed by atoms with van der Waals surface area (Å²) in [6.45, 7) is 5.35. The molecule has 1 aliphatic carbocycles. The van der Waals surface area contributed by atoms with Gasteiger partial charge in [-0.3, -0.25) is 9.63 Å². The number of amides is 2. The summed E-state index contributed by atoms with van der Waals surface area (Å²) in [6.07, 6.45) is 3.83. The first-order chi connectivity index (χ1) is 10.6. The molecule has 0 spiro atoms. The molecule has 0 saturated heterocycles. The van der Waals surface area contributed by atoms with Crippen LogP contribution in [0.4, 0.5) is 4.79 Å². The van der Waals surface area contributed by atoms with Gasteiger partial charge < -0.3 is 15.8 Å². The fraction of sp³-hybridized carbons (Fsp3) is 0.875. The number of ether oxygens (including phenoxy) is 1. The van der Waals surface area contributed by atoms with Crippen molar-refractivity contribution >= 4 is 12.0 Å². The molecule has 0 aliphatic heterocycles. The minimum Gasteiger partial charge on any atom is -0.444 e. The molecule has 134 valence electrons. The Bertz CT molecular complexity index is 401. The molecule has 23 heavy (non-hydrogen) atoms. The predicted molar refractivity (Wildman–Crippen MR) is 87.5 cm³/mol. The fourth-order valence-electron chi connectivity index (χ4n) is 2.74. The minimum absolute atomic E-state index is 0.251. The van der Waals surface area contributed by atoms with Gasteiger partial charge in [0, 0.05) is 13.1 Å². The van der Waals surface area contributed by atoms with Crippen LogP contribution in [0.5, 0.6) is 0 Å². The van der Waals surface area contributed by atoms with E-state index < -0.39 is 17.7 Å². The Kier molecular flexibility index (Phi) is 7.28. The van der Waals surface area contributed by atoms with Crippen LogP contribution in [-0.4, -0.2) is 48.9 Å². The van der Waals surface area contributed by atoms with Gasteiger partial charge >= 0.3 is 6.09 Å². The van der Waals surface area contributed by atoms with E-state index in [4.69, 9.17) is 15.3 Å². The largest absolute Gasteiger partial charge is 0.444 e. The molecule has 7 nitrogen and oxygen atoms in total. The molecule has 0 aromatic rings. The number of hydrogen-bond donors (Lipinski definition) is 2. The zero-order chi connectivity index (χ0) is 17.6. The lowest BCUT2D eigenvalue weighted by Gasteiger charge is -2.31. The van der Waals surface area contributed by atoms with Gasteiger partial charge in [-0.25, -0.2) is 9.86 Å². The molecular weight excluding hydrogens is 298 g/mol. The minimum atomic E-state index is -0.658. The number of carbonyl (C=O) groups is 2. The van der Waals surface area contributed by atoms with Gasteiger partial charge in [-0.2, -0.15) is 0 Å². The topological polar surface area (TPSA) is 93.9 Å². The van der Waals surface area contributed by atoms with Gasteiger partial charge in [-0.15, -0.1) is 0 Å². The summed E-state index contributed by atoms with van der Waals surface area (Å²) in [5.41, 5.74) is 5.31. The van der Waals surface area contributed by atoms with Crippen LogP contribution in [0.2, 0.25) is 0 Å². The molecule has 0 aromatic carbocycles. The third-order valence-corrected chi connectivity index (χ3v) is 4.03. The van der Waals surface area contributed by atoms with Crippen LogP contribution in [-0.2, 0) is 14.4 Å². The summed E-state index contributed by atoms with van der Waals surface area (Å²) in [7, 11) is 2.95. The fourth-order valence-corrected chi connectivity index (χ4v) is 2.74. The number of alkyl carbamates (subject to hydrolysis) is 1. The molecule has 1 rings (SSSR count). The van der Waals surface area contributed by atoms with Crippen molar-refractivity contribution in [3.8, 4) is 0 Å². The average Bonchev–Trinajstić information content (AvgIpc) is 2.45. The monoisotopic (exact) mass is 329 g/mol. The number of nitrogens with two attached hydrogens (primary N) is 1. The molecule has 1 fully saturated rings. The van der Waals surface area contributed by atoms with Crippen LogP contribution < -0.4 is 11.1 Å². The van der Waals surface area contributed by atoms with Gasteiger partial charge in [0.2, 0.25) is 0 Å². The molecular formula is C16H31N3O4. The van der Waals surface area contributed by atoms with Crippen molar-refractivity contribution < 1.29 is 19.2 Å².